The van der Waals surface area contributed by atoms with Crippen molar-refractivity contribution < 1.29 is 42.8 Å². The van der Waals surface area contributed by atoms with Crippen LogP contribution in [0.4, 0.5) is 0 Å². The summed E-state index contributed by atoms with van der Waals surface area (Å²) in [6, 6.07) is 6.32. The molecule has 0 aliphatic heterocycles. The number of aryl methyl sites for hydroxylation is 1. The van der Waals surface area contributed by atoms with Crippen LogP contribution in [0.5, 0.6) is 0 Å². The second-order valence-electron chi connectivity index (χ2n) is 7.60. The molecule has 0 radical (unpaired) electrons. The summed E-state index contributed by atoms with van der Waals surface area (Å²) in [5.41, 5.74) is 1.18. The first-order valence-electron chi connectivity index (χ1n) is 8.86. The van der Waals surface area contributed by atoms with Gasteiger partial charge in [0.15, 0.2) is 5.78 Å². The van der Waals surface area contributed by atoms with Crippen molar-refractivity contribution in [3.63, 3.8) is 0 Å². The average Bonchev–Trinajstić information content (AvgIpc) is 2.55. The molecule has 2 rings (SSSR count). The molecule has 4 nitrogen and oxygen atoms in total. The maximum absolute atomic E-state index is 11.9. The number of rotatable bonds is 4. The van der Waals surface area contributed by atoms with Crippen molar-refractivity contribution >= 4 is 27.6 Å². The van der Waals surface area contributed by atoms with Gasteiger partial charge in [-0.15, -0.1) is 0 Å². The molecule has 1 aromatic rings. The maximum Gasteiger partial charge on any atom is 1.00 e. The third-order valence-electron chi connectivity index (χ3n) is 4.94. The van der Waals surface area contributed by atoms with Gasteiger partial charge in [-0.2, -0.15) is 0 Å². The van der Waals surface area contributed by atoms with Gasteiger partial charge in [-0.1, -0.05) is 51.0 Å². The van der Waals surface area contributed by atoms with E-state index in [0.717, 1.165) is 5.56 Å². The fraction of sp³-hybridized carbons (Fsp3) is 0.550. The van der Waals surface area contributed by atoms with Gasteiger partial charge >= 0.3 is 29.6 Å². The van der Waals surface area contributed by atoms with E-state index in [1.54, 1.807) is 18.2 Å². The number of allylic oxidation sites excluding steroid dienone is 2. The molecule has 0 spiro atoms. The largest absolute Gasteiger partial charge is 1.00 e. The van der Waals surface area contributed by atoms with Gasteiger partial charge in [0.25, 0.3) is 0 Å². The van der Waals surface area contributed by atoms with Crippen LogP contribution in [-0.2, 0) is 14.8 Å². The predicted octanol–water partition coefficient (Wildman–Crippen LogP) is 2.81. The Bertz CT molecular complexity index is 730. The van der Waals surface area contributed by atoms with Crippen LogP contribution >= 0.6 is 11.8 Å². The molecule has 7 heteroatoms. The zero-order chi connectivity index (χ0) is 20.0. The molecule has 0 heterocycles. The van der Waals surface area contributed by atoms with Crippen LogP contribution in [0, 0.1) is 24.2 Å². The summed E-state index contributed by atoms with van der Waals surface area (Å²) in [6.07, 6.45) is 7.27. The Kier molecular flexibility index (Phi) is 11.7. The quantitative estimate of drug-likeness (QED) is 0.554. The van der Waals surface area contributed by atoms with Crippen LogP contribution in [0.1, 0.15) is 52.5 Å². The Hall–Kier alpha value is -0.170. The SMILES string of the molecule is C/C=C/C(=O)C1C(C)CCCC1(C)C.Cc1ccc(S(=O)(=O)[N-]Cl)cc1.[Na+]. The molecule has 1 aromatic carbocycles. The van der Waals surface area contributed by atoms with Crippen molar-refractivity contribution in [2.24, 2.45) is 17.3 Å². The van der Waals surface area contributed by atoms with Crippen molar-refractivity contribution in [1.82, 2.24) is 0 Å². The number of sulfonamides is 1. The molecule has 1 aliphatic carbocycles. The summed E-state index contributed by atoms with van der Waals surface area (Å²) in [5.74, 6) is 1.10. The second kappa shape index (κ2) is 11.7. The van der Waals surface area contributed by atoms with Crippen LogP contribution in [0.25, 0.3) is 4.24 Å². The first-order chi connectivity index (χ1) is 12.0. The van der Waals surface area contributed by atoms with Gasteiger partial charge in [0.1, 0.15) is 10.0 Å². The van der Waals surface area contributed by atoms with E-state index in [1.807, 2.05) is 19.9 Å². The summed E-state index contributed by atoms with van der Waals surface area (Å²) in [5, 5.41) is 0. The number of hydrogen-bond donors (Lipinski definition) is 0. The number of benzene rings is 1. The van der Waals surface area contributed by atoms with Crippen molar-refractivity contribution in [1.29, 1.82) is 0 Å². The second-order valence-corrected chi connectivity index (χ2v) is 9.57. The van der Waals surface area contributed by atoms with E-state index in [2.05, 4.69) is 25.0 Å². The molecule has 1 saturated carbocycles. The molecular formula is C20H29ClNNaO3S. The zero-order valence-electron chi connectivity index (χ0n) is 17.2. The van der Waals surface area contributed by atoms with Crippen molar-refractivity contribution in [3.05, 3.63) is 46.2 Å². The summed E-state index contributed by atoms with van der Waals surface area (Å²) >= 11 is 4.90. The number of carbonyl (C=O) groups excluding carboxylic acids is 1. The van der Waals surface area contributed by atoms with Gasteiger partial charge in [0, 0.05) is 10.8 Å². The summed E-state index contributed by atoms with van der Waals surface area (Å²) < 4.78 is 24.8. The molecule has 0 bridgehead atoms. The Morgan fingerprint density at radius 2 is 1.81 bits per heavy atom. The number of hydrogen-bond acceptors (Lipinski definition) is 3. The molecule has 0 amide bonds. The third kappa shape index (κ3) is 8.00. The Morgan fingerprint density at radius 3 is 2.26 bits per heavy atom. The molecule has 27 heavy (non-hydrogen) atoms. The van der Waals surface area contributed by atoms with Crippen LogP contribution in [0.15, 0.2) is 41.3 Å². The summed E-state index contributed by atoms with van der Waals surface area (Å²) in [6.45, 7) is 10.5. The minimum Gasteiger partial charge on any atom is -0.458 e. The number of nitrogens with zero attached hydrogens (tertiary/aromatic N) is 1. The van der Waals surface area contributed by atoms with Crippen molar-refractivity contribution in [2.75, 3.05) is 0 Å². The third-order valence-corrected chi connectivity index (χ3v) is 6.53. The van der Waals surface area contributed by atoms with E-state index in [9.17, 15) is 13.2 Å². The standard InChI is InChI=1S/C13H22O.C7H7ClNO2S.Na/c1-5-7-11(14)12-10(2)8-6-9-13(12,3)4;1-6-2-4-7(5-3-6)12(10,11)9-8;/h5,7,10,12H,6,8-9H2,1-4H3;2-5H,1H3;/q;-1;+1/b7-5+;;. The van der Waals surface area contributed by atoms with Crippen molar-refractivity contribution in [3.8, 4) is 0 Å². The van der Waals surface area contributed by atoms with E-state index < -0.39 is 10.0 Å². The summed E-state index contributed by atoms with van der Waals surface area (Å²) in [4.78, 5) is 12.1. The predicted molar refractivity (Wildman–Crippen MR) is 108 cm³/mol. The number of ketones is 1. The molecule has 2 unspecified atom stereocenters. The van der Waals surface area contributed by atoms with E-state index >= 15 is 0 Å². The van der Waals surface area contributed by atoms with Crippen LogP contribution < -0.4 is 29.6 Å². The Balaban J connectivity index is 0.000000488. The number of halogens is 1. The van der Waals surface area contributed by atoms with Crippen LogP contribution in [0.3, 0.4) is 0 Å². The topological polar surface area (TPSA) is 65.3 Å². The van der Waals surface area contributed by atoms with Crippen LogP contribution in [-0.4, -0.2) is 14.2 Å². The molecular weight excluding hydrogens is 393 g/mol. The molecule has 1 aliphatic rings. The molecule has 2 atom stereocenters. The first-order valence-corrected chi connectivity index (χ1v) is 10.6. The fourth-order valence-corrected chi connectivity index (χ4v) is 4.45. The summed E-state index contributed by atoms with van der Waals surface area (Å²) in [7, 11) is -3.62. The van der Waals surface area contributed by atoms with E-state index in [0.29, 0.717) is 11.7 Å². The molecule has 0 aromatic heterocycles. The van der Waals surface area contributed by atoms with Crippen LogP contribution in [0.2, 0.25) is 0 Å². The van der Waals surface area contributed by atoms with Gasteiger partial charge in [0.05, 0.1) is 0 Å². The van der Waals surface area contributed by atoms with Gasteiger partial charge in [-0.3, -0.25) is 16.6 Å². The monoisotopic (exact) mass is 421 g/mol. The average molecular weight is 422 g/mol. The van der Waals surface area contributed by atoms with E-state index in [4.69, 9.17) is 11.8 Å². The fourth-order valence-electron chi connectivity index (χ4n) is 3.66. The Morgan fingerprint density at radius 1 is 1.26 bits per heavy atom. The smallest absolute Gasteiger partial charge is 0.458 e. The van der Waals surface area contributed by atoms with Gasteiger partial charge in [-0.25, -0.2) is 8.42 Å². The normalized spacial score (nSPS) is 21.7. The van der Waals surface area contributed by atoms with E-state index in [1.165, 1.54) is 31.4 Å². The van der Waals surface area contributed by atoms with Gasteiger partial charge in [-0.05, 0) is 56.2 Å². The molecule has 0 N–H and O–H groups in total. The van der Waals surface area contributed by atoms with Gasteiger partial charge in [0.2, 0.25) is 0 Å². The maximum atomic E-state index is 11.9. The molecule has 146 valence electrons. The minimum atomic E-state index is -3.62. The zero-order valence-corrected chi connectivity index (χ0v) is 20.8. The molecule has 1 fully saturated rings. The first kappa shape index (κ1) is 26.8. The van der Waals surface area contributed by atoms with E-state index in [-0.39, 0.29) is 45.8 Å². The minimum absolute atomic E-state index is 0. The van der Waals surface area contributed by atoms with Gasteiger partial charge < -0.3 is 4.24 Å². The number of carbonyl (C=O) groups is 1. The Labute approximate surface area is 191 Å². The molecule has 0 saturated heterocycles. The van der Waals surface area contributed by atoms with Crippen molar-refractivity contribution in [2.45, 2.75) is 58.8 Å².